The number of thiophene rings is 1. The second-order valence-corrected chi connectivity index (χ2v) is 6.45. The zero-order valence-corrected chi connectivity index (χ0v) is 12.8. The van der Waals surface area contributed by atoms with Crippen molar-refractivity contribution in [2.45, 2.75) is 25.8 Å². The second kappa shape index (κ2) is 5.85. The molecule has 3 rings (SSSR count). The summed E-state index contributed by atoms with van der Waals surface area (Å²) in [6, 6.07) is 9.80. The standard InChI is InChI=1S/C16H18N2O2S/c1-2-7-18-10-12(9-15(18)19)17-16(20)14-8-11-5-3-4-6-13(11)21-14/h3-6,8,12H,2,7,9-10H2,1H3,(H,17,20)/t12-/m0/s1. The molecule has 2 heterocycles. The molecule has 1 aliphatic rings. The van der Waals surface area contributed by atoms with Gasteiger partial charge in [0.1, 0.15) is 0 Å². The molecule has 5 heteroatoms. The van der Waals surface area contributed by atoms with E-state index in [2.05, 4.69) is 12.2 Å². The molecule has 0 saturated carbocycles. The summed E-state index contributed by atoms with van der Waals surface area (Å²) in [5.74, 6) is 0.0610. The van der Waals surface area contributed by atoms with Crippen LogP contribution in [0.1, 0.15) is 29.4 Å². The monoisotopic (exact) mass is 302 g/mol. The summed E-state index contributed by atoms with van der Waals surface area (Å²) in [6.07, 6.45) is 1.36. The molecule has 1 saturated heterocycles. The first kappa shape index (κ1) is 14.1. The molecule has 2 amide bonds. The average molecular weight is 302 g/mol. The van der Waals surface area contributed by atoms with Crippen LogP contribution < -0.4 is 5.32 Å². The highest BCUT2D eigenvalue weighted by molar-refractivity contribution is 7.20. The molecule has 0 aliphatic carbocycles. The lowest BCUT2D eigenvalue weighted by Gasteiger charge is -2.15. The van der Waals surface area contributed by atoms with Gasteiger partial charge in [-0.1, -0.05) is 25.1 Å². The van der Waals surface area contributed by atoms with Crippen LogP contribution in [0.15, 0.2) is 30.3 Å². The molecule has 1 aromatic heterocycles. The van der Waals surface area contributed by atoms with Gasteiger partial charge in [-0.3, -0.25) is 9.59 Å². The summed E-state index contributed by atoms with van der Waals surface area (Å²) < 4.78 is 1.11. The molecular formula is C16H18N2O2S. The first-order valence-electron chi connectivity index (χ1n) is 7.24. The topological polar surface area (TPSA) is 49.4 Å². The minimum absolute atomic E-state index is 0.0678. The van der Waals surface area contributed by atoms with Gasteiger partial charge in [-0.25, -0.2) is 0 Å². The number of nitrogens with zero attached hydrogens (tertiary/aromatic N) is 1. The van der Waals surface area contributed by atoms with Gasteiger partial charge in [-0.05, 0) is 23.9 Å². The van der Waals surface area contributed by atoms with E-state index in [1.165, 1.54) is 11.3 Å². The maximum Gasteiger partial charge on any atom is 0.261 e. The fourth-order valence-electron chi connectivity index (χ4n) is 2.71. The number of hydrogen-bond acceptors (Lipinski definition) is 3. The molecule has 0 unspecified atom stereocenters. The van der Waals surface area contributed by atoms with Gasteiger partial charge in [-0.15, -0.1) is 11.3 Å². The molecule has 1 aromatic carbocycles. The fraction of sp³-hybridized carbons (Fsp3) is 0.375. The van der Waals surface area contributed by atoms with Gasteiger partial charge < -0.3 is 10.2 Å². The van der Waals surface area contributed by atoms with Crippen LogP contribution in [0.5, 0.6) is 0 Å². The SMILES string of the molecule is CCCN1C[C@@H](NC(=O)c2cc3ccccc3s2)CC1=O. The molecule has 1 N–H and O–H groups in total. The summed E-state index contributed by atoms with van der Waals surface area (Å²) in [4.78, 5) is 26.7. The van der Waals surface area contributed by atoms with Crippen LogP contribution in [0.3, 0.4) is 0 Å². The molecule has 0 bridgehead atoms. The zero-order chi connectivity index (χ0) is 14.8. The Kier molecular flexibility index (Phi) is 3.92. The number of rotatable bonds is 4. The highest BCUT2D eigenvalue weighted by atomic mass is 32.1. The van der Waals surface area contributed by atoms with Crippen LogP contribution in [0.25, 0.3) is 10.1 Å². The largest absolute Gasteiger partial charge is 0.346 e. The third kappa shape index (κ3) is 2.93. The van der Waals surface area contributed by atoms with E-state index in [9.17, 15) is 9.59 Å². The Morgan fingerprint density at radius 1 is 1.43 bits per heavy atom. The smallest absolute Gasteiger partial charge is 0.261 e. The molecule has 2 aromatic rings. The first-order chi connectivity index (χ1) is 10.2. The van der Waals surface area contributed by atoms with Crippen LogP contribution in [0, 0.1) is 0 Å². The quantitative estimate of drug-likeness (QED) is 0.944. The van der Waals surface area contributed by atoms with E-state index in [1.54, 1.807) is 0 Å². The summed E-state index contributed by atoms with van der Waals surface area (Å²) in [5, 5.41) is 4.07. The number of amides is 2. The Balaban J connectivity index is 1.68. The van der Waals surface area contributed by atoms with Crippen LogP contribution in [0.4, 0.5) is 0 Å². The molecule has 0 spiro atoms. The van der Waals surface area contributed by atoms with Crippen molar-refractivity contribution in [3.05, 3.63) is 35.2 Å². The molecule has 1 aliphatic heterocycles. The number of likely N-dealkylation sites (tertiary alicyclic amines) is 1. The summed E-state index contributed by atoms with van der Waals surface area (Å²) in [5.41, 5.74) is 0. The van der Waals surface area contributed by atoms with Gasteiger partial charge in [0, 0.05) is 24.2 Å². The highest BCUT2D eigenvalue weighted by Gasteiger charge is 2.30. The van der Waals surface area contributed by atoms with Gasteiger partial charge in [0.2, 0.25) is 5.91 Å². The number of benzene rings is 1. The highest BCUT2D eigenvalue weighted by Crippen LogP contribution is 2.25. The van der Waals surface area contributed by atoms with Crippen LogP contribution >= 0.6 is 11.3 Å². The number of fused-ring (bicyclic) bond motifs is 1. The van der Waals surface area contributed by atoms with Crippen molar-refractivity contribution >= 4 is 33.2 Å². The van der Waals surface area contributed by atoms with Gasteiger partial charge in [0.25, 0.3) is 5.91 Å². The maximum atomic E-state index is 12.3. The summed E-state index contributed by atoms with van der Waals surface area (Å²) in [7, 11) is 0. The molecule has 110 valence electrons. The number of hydrogen-bond donors (Lipinski definition) is 1. The van der Waals surface area contributed by atoms with Crippen molar-refractivity contribution in [2.75, 3.05) is 13.1 Å². The Morgan fingerprint density at radius 3 is 3.00 bits per heavy atom. The van der Waals surface area contributed by atoms with E-state index in [-0.39, 0.29) is 17.9 Å². The van der Waals surface area contributed by atoms with Crippen molar-refractivity contribution in [1.29, 1.82) is 0 Å². The normalized spacial score (nSPS) is 18.4. The van der Waals surface area contributed by atoms with Gasteiger partial charge in [0.05, 0.1) is 10.9 Å². The molecular weight excluding hydrogens is 284 g/mol. The van der Waals surface area contributed by atoms with E-state index < -0.39 is 0 Å². The zero-order valence-electron chi connectivity index (χ0n) is 12.0. The molecule has 1 atom stereocenters. The van der Waals surface area contributed by atoms with Gasteiger partial charge in [0.15, 0.2) is 0 Å². The first-order valence-corrected chi connectivity index (χ1v) is 8.06. The van der Waals surface area contributed by atoms with E-state index in [4.69, 9.17) is 0 Å². The van der Waals surface area contributed by atoms with Crippen molar-refractivity contribution in [2.24, 2.45) is 0 Å². The Labute approximate surface area is 127 Å². The van der Waals surface area contributed by atoms with E-state index >= 15 is 0 Å². The Morgan fingerprint density at radius 2 is 2.24 bits per heavy atom. The van der Waals surface area contributed by atoms with Crippen molar-refractivity contribution in [3.63, 3.8) is 0 Å². The van der Waals surface area contributed by atoms with Crippen LogP contribution in [0.2, 0.25) is 0 Å². The average Bonchev–Trinajstić information content (AvgIpc) is 3.03. The second-order valence-electron chi connectivity index (χ2n) is 5.36. The van der Waals surface area contributed by atoms with E-state index in [1.807, 2.05) is 35.2 Å². The lowest BCUT2D eigenvalue weighted by atomic mass is 10.2. The predicted molar refractivity (Wildman–Crippen MR) is 84.6 cm³/mol. The number of nitrogens with one attached hydrogen (secondary N) is 1. The summed E-state index contributed by atoms with van der Waals surface area (Å²) in [6.45, 7) is 3.45. The predicted octanol–water partition coefficient (Wildman–Crippen LogP) is 2.64. The third-order valence-corrected chi connectivity index (χ3v) is 4.81. The molecule has 21 heavy (non-hydrogen) atoms. The van der Waals surface area contributed by atoms with Crippen molar-refractivity contribution < 1.29 is 9.59 Å². The molecule has 1 fully saturated rings. The lowest BCUT2D eigenvalue weighted by Crippen LogP contribution is -2.36. The Bertz CT molecular complexity index is 647. The number of carbonyl (C=O) groups is 2. The van der Waals surface area contributed by atoms with Crippen LogP contribution in [-0.4, -0.2) is 35.8 Å². The van der Waals surface area contributed by atoms with E-state index in [0.29, 0.717) is 17.8 Å². The molecule has 0 radical (unpaired) electrons. The van der Waals surface area contributed by atoms with Crippen LogP contribution in [-0.2, 0) is 4.79 Å². The van der Waals surface area contributed by atoms with Gasteiger partial charge >= 0.3 is 0 Å². The molecule has 4 nitrogen and oxygen atoms in total. The lowest BCUT2D eigenvalue weighted by molar-refractivity contribution is -0.127. The van der Waals surface area contributed by atoms with Crippen molar-refractivity contribution in [3.8, 4) is 0 Å². The van der Waals surface area contributed by atoms with Gasteiger partial charge in [-0.2, -0.15) is 0 Å². The fourth-order valence-corrected chi connectivity index (χ4v) is 3.67. The van der Waals surface area contributed by atoms with E-state index in [0.717, 1.165) is 23.1 Å². The number of carbonyl (C=O) groups excluding carboxylic acids is 2. The third-order valence-electron chi connectivity index (χ3n) is 3.69. The minimum atomic E-state index is -0.0765. The maximum absolute atomic E-state index is 12.3. The Hall–Kier alpha value is -1.88. The minimum Gasteiger partial charge on any atom is -0.346 e. The van der Waals surface area contributed by atoms with Crippen molar-refractivity contribution in [1.82, 2.24) is 10.2 Å². The summed E-state index contributed by atoms with van der Waals surface area (Å²) >= 11 is 1.49.